The van der Waals surface area contributed by atoms with Gasteiger partial charge in [0.05, 0.1) is 6.61 Å². The monoisotopic (exact) mass is 285 g/mol. The quantitative estimate of drug-likeness (QED) is 0.904. The molecule has 1 N–H and O–H groups in total. The molecule has 2 aliphatic carbocycles. The average molecular weight is 285 g/mol. The molecule has 21 heavy (non-hydrogen) atoms. The zero-order chi connectivity index (χ0) is 14.2. The third-order valence-electron chi connectivity index (χ3n) is 6.20. The van der Waals surface area contributed by atoms with Gasteiger partial charge in [0.15, 0.2) is 0 Å². The molecule has 114 valence electrons. The van der Waals surface area contributed by atoms with Crippen molar-refractivity contribution in [3.63, 3.8) is 0 Å². The molecule has 2 fully saturated rings. The molecular weight excluding hydrogens is 258 g/mol. The van der Waals surface area contributed by atoms with Crippen LogP contribution in [0.3, 0.4) is 0 Å². The Hall–Kier alpha value is -1.02. The van der Waals surface area contributed by atoms with E-state index in [1.54, 1.807) is 0 Å². The first-order valence-corrected chi connectivity index (χ1v) is 8.76. The van der Waals surface area contributed by atoms with Crippen molar-refractivity contribution in [2.45, 2.75) is 51.0 Å². The maximum atomic E-state index is 5.77. The largest absolute Gasteiger partial charge is 0.493 e. The summed E-state index contributed by atoms with van der Waals surface area (Å²) in [4.78, 5) is 0. The molecule has 2 bridgehead atoms. The maximum Gasteiger partial charge on any atom is 0.122 e. The van der Waals surface area contributed by atoms with Crippen LogP contribution < -0.4 is 10.1 Å². The van der Waals surface area contributed by atoms with E-state index in [0.717, 1.165) is 43.1 Å². The van der Waals surface area contributed by atoms with E-state index >= 15 is 0 Å². The molecule has 0 saturated heterocycles. The van der Waals surface area contributed by atoms with Gasteiger partial charge in [0.25, 0.3) is 0 Å². The highest BCUT2D eigenvalue weighted by molar-refractivity contribution is 5.37. The van der Waals surface area contributed by atoms with Crippen molar-refractivity contribution >= 4 is 0 Å². The molecule has 0 amide bonds. The number of benzene rings is 1. The molecule has 2 nitrogen and oxygen atoms in total. The zero-order valence-corrected chi connectivity index (χ0v) is 13.1. The zero-order valence-electron chi connectivity index (χ0n) is 13.1. The summed E-state index contributed by atoms with van der Waals surface area (Å²) in [5.41, 5.74) is 1.40. The number of para-hydroxylation sites is 1. The van der Waals surface area contributed by atoms with Crippen LogP contribution in [0.1, 0.15) is 50.5 Å². The van der Waals surface area contributed by atoms with E-state index < -0.39 is 0 Å². The molecule has 5 unspecified atom stereocenters. The van der Waals surface area contributed by atoms with Gasteiger partial charge in [0, 0.05) is 18.5 Å². The molecule has 5 atom stereocenters. The Labute approximate surface area is 128 Å². The van der Waals surface area contributed by atoms with Crippen LogP contribution in [0.2, 0.25) is 0 Å². The van der Waals surface area contributed by atoms with Crippen molar-refractivity contribution in [1.29, 1.82) is 0 Å². The highest BCUT2D eigenvalue weighted by Crippen LogP contribution is 2.49. The third-order valence-corrected chi connectivity index (χ3v) is 6.20. The molecular formula is C19H27NO. The van der Waals surface area contributed by atoms with Crippen LogP contribution in [-0.4, -0.2) is 19.2 Å². The SMILES string of the molecule is CC(NCC1CCOc2ccccc21)C1CC2CCC1C2. The average Bonchev–Trinajstić information content (AvgIpc) is 3.15. The van der Waals surface area contributed by atoms with Crippen molar-refractivity contribution in [3.05, 3.63) is 29.8 Å². The first-order chi connectivity index (χ1) is 10.3. The fraction of sp³-hybridized carbons (Fsp3) is 0.684. The fourth-order valence-corrected chi connectivity index (χ4v) is 5.01. The van der Waals surface area contributed by atoms with Crippen LogP contribution in [-0.2, 0) is 0 Å². The van der Waals surface area contributed by atoms with Gasteiger partial charge < -0.3 is 10.1 Å². The fourth-order valence-electron chi connectivity index (χ4n) is 5.01. The third kappa shape index (κ3) is 2.59. The van der Waals surface area contributed by atoms with Crippen LogP contribution in [0, 0.1) is 17.8 Å². The number of hydrogen-bond acceptors (Lipinski definition) is 2. The summed E-state index contributed by atoms with van der Waals surface area (Å²) in [6, 6.07) is 9.24. The molecule has 0 radical (unpaired) electrons. The lowest BCUT2D eigenvalue weighted by Gasteiger charge is -2.32. The van der Waals surface area contributed by atoms with Crippen molar-refractivity contribution in [3.8, 4) is 5.75 Å². The summed E-state index contributed by atoms with van der Waals surface area (Å²) in [5, 5.41) is 3.86. The summed E-state index contributed by atoms with van der Waals surface area (Å²) in [6.07, 6.45) is 7.12. The minimum atomic E-state index is 0.621. The Morgan fingerprint density at radius 1 is 1.19 bits per heavy atom. The molecule has 1 aromatic rings. The van der Waals surface area contributed by atoms with Gasteiger partial charge in [-0.1, -0.05) is 24.6 Å². The minimum absolute atomic E-state index is 0.621. The van der Waals surface area contributed by atoms with Crippen LogP contribution in [0.15, 0.2) is 24.3 Å². The van der Waals surface area contributed by atoms with Gasteiger partial charge in [-0.25, -0.2) is 0 Å². The smallest absolute Gasteiger partial charge is 0.122 e. The van der Waals surface area contributed by atoms with E-state index in [0.29, 0.717) is 12.0 Å². The Balaban J connectivity index is 1.37. The molecule has 2 heteroatoms. The highest BCUT2D eigenvalue weighted by Gasteiger charge is 2.41. The maximum absolute atomic E-state index is 5.77. The Morgan fingerprint density at radius 3 is 2.90 bits per heavy atom. The first kappa shape index (κ1) is 13.6. The number of ether oxygens (including phenoxy) is 1. The molecule has 3 aliphatic rings. The predicted molar refractivity (Wildman–Crippen MR) is 85.7 cm³/mol. The van der Waals surface area contributed by atoms with Gasteiger partial charge in [0.2, 0.25) is 0 Å². The highest BCUT2D eigenvalue weighted by atomic mass is 16.5. The van der Waals surface area contributed by atoms with Crippen molar-refractivity contribution in [2.75, 3.05) is 13.2 Å². The summed E-state index contributed by atoms with van der Waals surface area (Å²) in [6.45, 7) is 4.39. The second kappa shape index (κ2) is 5.64. The van der Waals surface area contributed by atoms with Crippen molar-refractivity contribution in [1.82, 2.24) is 5.32 Å². The lowest BCUT2D eigenvalue weighted by atomic mass is 9.83. The molecule has 0 aromatic heterocycles. The summed E-state index contributed by atoms with van der Waals surface area (Å²) < 4.78 is 5.77. The Kier molecular flexibility index (Phi) is 3.66. The molecule has 1 aromatic carbocycles. The van der Waals surface area contributed by atoms with E-state index in [1.165, 1.54) is 31.2 Å². The van der Waals surface area contributed by atoms with Crippen molar-refractivity contribution < 1.29 is 4.74 Å². The Morgan fingerprint density at radius 2 is 2.10 bits per heavy atom. The standard InChI is InChI=1S/C19H27NO/c1-13(18-11-14-6-7-15(18)10-14)20-12-16-8-9-21-19-5-3-2-4-17(16)19/h2-5,13-16,18,20H,6-12H2,1H3. The van der Waals surface area contributed by atoms with Crippen LogP contribution in [0.5, 0.6) is 5.75 Å². The number of rotatable bonds is 4. The molecule has 2 saturated carbocycles. The Bertz CT molecular complexity index is 500. The van der Waals surface area contributed by atoms with E-state index in [-0.39, 0.29) is 0 Å². The molecule has 0 spiro atoms. The van der Waals surface area contributed by atoms with Gasteiger partial charge in [-0.15, -0.1) is 0 Å². The summed E-state index contributed by atoms with van der Waals surface area (Å²) in [7, 11) is 0. The second-order valence-electron chi connectivity index (χ2n) is 7.41. The van der Waals surface area contributed by atoms with E-state index in [9.17, 15) is 0 Å². The normalized spacial score (nSPS) is 35.3. The summed E-state index contributed by atoms with van der Waals surface area (Å²) >= 11 is 0. The summed E-state index contributed by atoms with van der Waals surface area (Å²) in [5.74, 6) is 4.71. The number of hydrogen-bond donors (Lipinski definition) is 1. The molecule has 1 heterocycles. The van der Waals surface area contributed by atoms with E-state index in [4.69, 9.17) is 4.74 Å². The van der Waals surface area contributed by atoms with Gasteiger partial charge >= 0.3 is 0 Å². The lowest BCUT2D eigenvalue weighted by molar-refractivity contribution is 0.238. The van der Waals surface area contributed by atoms with Gasteiger partial charge in [-0.05, 0) is 62.0 Å². The minimum Gasteiger partial charge on any atom is -0.493 e. The number of fused-ring (bicyclic) bond motifs is 3. The predicted octanol–water partition coefficient (Wildman–Crippen LogP) is 3.97. The lowest BCUT2D eigenvalue weighted by Crippen LogP contribution is -2.39. The molecule has 1 aliphatic heterocycles. The van der Waals surface area contributed by atoms with Crippen LogP contribution >= 0.6 is 0 Å². The molecule has 4 rings (SSSR count). The second-order valence-corrected chi connectivity index (χ2v) is 7.41. The van der Waals surface area contributed by atoms with Gasteiger partial charge in [-0.3, -0.25) is 0 Å². The number of nitrogens with one attached hydrogen (secondary N) is 1. The van der Waals surface area contributed by atoms with Crippen LogP contribution in [0.25, 0.3) is 0 Å². The van der Waals surface area contributed by atoms with E-state index in [2.05, 4.69) is 36.5 Å². The van der Waals surface area contributed by atoms with E-state index in [1.807, 2.05) is 0 Å². The van der Waals surface area contributed by atoms with Crippen molar-refractivity contribution in [2.24, 2.45) is 17.8 Å². The van der Waals surface area contributed by atoms with Gasteiger partial charge in [0.1, 0.15) is 5.75 Å². The topological polar surface area (TPSA) is 21.3 Å². The van der Waals surface area contributed by atoms with Gasteiger partial charge in [-0.2, -0.15) is 0 Å². The van der Waals surface area contributed by atoms with Crippen LogP contribution in [0.4, 0.5) is 0 Å². The first-order valence-electron chi connectivity index (χ1n) is 8.76.